The summed E-state index contributed by atoms with van der Waals surface area (Å²) in [5.74, 6) is -0.989. The van der Waals surface area contributed by atoms with Crippen LogP contribution >= 0.6 is 0 Å². The van der Waals surface area contributed by atoms with Crippen LogP contribution in [0.4, 0.5) is 8.78 Å². The van der Waals surface area contributed by atoms with Gasteiger partial charge >= 0.3 is 0 Å². The van der Waals surface area contributed by atoms with Crippen LogP contribution in [-0.2, 0) is 4.74 Å². The lowest BCUT2D eigenvalue weighted by molar-refractivity contribution is 0.0533. The molecule has 0 heterocycles. The lowest BCUT2D eigenvalue weighted by Gasteiger charge is -2.16. The molecule has 0 amide bonds. The average molecular weight is 229 g/mol. The second-order valence-electron chi connectivity index (χ2n) is 3.82. The fourth-order valence-electron chi connectivity index (χ4n) is 1.27. The Morgan fingerprint density at radius 3 is 2.69 bits per heavy atom. The standard InChI is InChI=1S/C12H17F2NO/c1-3-8(2)16-7-12(15)10-6-9(13)4-5-11(10)14/h4-6,8,12H,3,7,15H2,1-2H3. The van der Waals surface area contributed by atoms with Crippen LogP contribution in [0.2, 0.25) is 0 Å². The minimum absolute atomic E-state index is 0.0719. The Hall–Kier alpha value is -1.00. The molecule has 0 saturated carbocycles. The first-order chi connectivity index (χ1) is 7.54. The first kappa shape index (κ1) is 13.1. The molecule has 0 spiro atoms. The van der Waals surface area contributed by atoms with Gasteiger partial charge in [0.2, 0.25) is 0 Å². The third-order valence-electron chi connectivity index (χ3n) is 2.49. The van der Waals surface area contributed by atoms with Gasteiger partial charge in [-0.2, -0.15) is 0 Å². The fraction of sp³-hybridized carbons (Fsp3) is 0.500. The van der Waals surface area contributed by atoms with Crippen LogP contribution in [-0.4, -0.2) is 12.7 Å². The van der Waals surface area contributed by atoms with E-state index in [1.165, 1.54) is 0 Å². The van der Waals surface area contributed by atoms with Crippen molar-refractivity contribution in [3.63, 3.8) is 0 Å². The molecular weight excluding hydrogens is 212 g/mol. The van der Waals surface area contributed by atoms with Gasteiger partial charge in [0.05, 0.1) is 18.8 Å². The Morgan fingerprint density at radius 2 is 2.06 bits per heavy atom. The number of hydrogen-bond acceptors (Lipinski definition) is 2. The molecule has 0 radical (unpaired) electrons. The zero-order chi connectivity index (χ0) is 12.1. The molecule has 2 atom stereocenters. The Bertz CT molecular complexity index is 344. The zero-order valence-corrected chi connectivity index (χ0v) is 9.54. The molecule has 0 aliphatic heterocycles. The van der Waals surface area contributed by atoms with E-state index in [9.17, 15) is 8.78 Å². The largest absolute Gasteiger partial charge is 0.377 e. The monoisotopic (exact) mass is 229 g/mol. The highest BCUT2D eigenvalue weighted by molar-refractivity contribution is 5.22. The van der Waals surface area contributed by atoms with Crippen molar-refractivity contribution in [2.24, 2.45) is 5.73 Å². The van der Waals surface area contributed by atoms with Crippen LogP contribution < -0.4 is 5.73 Å². The Kier molecular flexibility index (Phi) is 4.83. The van der Waals surface area contributed by atoms with E-state index in [1.807, 2.05) is 13.8 Å². The highest BCUT2D eigenvalue weighted by atomic mass is 19.1. The zero-order valence-electron chi connectivity index (χ0n) is 9.54. The Labute approximate surface area is 94.4 Å². The normalized spacial score (nSPS) is 14.8. The van der Waals surface area contributed by atoms with Crippen LogP contribution in [0, 0.1) is 11.6 Å². The molecule has 1 rings (SSSR count). The summed E-state index contributed by atoms with van der Waals surface area (Å²) in [7, 11) is 0. The van der Waals surface area contributed by atoms with Gasteiger partial charge < -0.3 is 10.5 Å². The van der Waals surface area contributed by atoms with Gasteiger partial charge in [0.25, 0.3) is 0 Å². The van der Waals surface area contributed by atoms with Crippen LogP contribution in [0.25, 0.3) is 0 Å². The SMILES string of the molecule is CCC(C)OCC(N)c1cc(F)ccc1F. The van der Waals surface area contributed by atoms with E-state index >= 15 is 0 Å². The van der Waals surface area contributed by atoms with Gasteiger partial charge in [-0.25, -0.2) is 8.78 Å². The summed E-state index contributed by atoms with van der Waals surface area (Å²) in [6, 6.07) is 2.62. The molecule has 16 heavy (non-hydrogen) atoms. The molecule has 0 fully saturated rings. The van der Waals surface area contributed by atoms with Gasteiger partial charge in [-0.1, -0.05) is 6.92 Å². The van der Waals surface area contributed by atoms with Crippen LogP contribution in [0.5, 0.6) is 0 Å². The first-order valence-corrected chi connectivity index (χ1v) is 5.36. The van der Waals surface area contributed by atoms with Gasteiger partial charge in [-0.15, -0.1) is 0 Å². The van der Waals surface area contributed by atoms with Gasteiger partial charge in [0.1, 0.15) is 11.6 Å². The van der Waals surface area contributed by atoms with Crippen LogP contribution in [0.15, 0.2) is 18.2 Å². The van der Waals surface area contributed by atoms with Crippen molar-refractivity contribution in [2.45, 2.75) is 32.4 Å². The van der Waals surface area contributed by atoms with Crippen molar-refractivity contribution < 1.29 is 13.5 Å². The van der Waals surface area contributed by atoms with E-state index in [-0.39, 0.29) is 18.3 Å². The van der Waals surface area contributed by atoms with E-state index in [0.717, 1.165) is 24.6 Å². The maximum Gasteiger partial charge on any atom is 0.128 e. The number of ether oxygens (including phenoxy) is 1. The molecule has 0 saturated heterocycles. The maximum absolute atomic E-state index is 13.3. The Balaban J connectivity index is 2.65. The van der Waals surface area contributed by atoms with Crippen molar-refractivity contribution in [3.8, 4) is 0 Å². The lowest BCUT2D eigenvalue weighted by Crippen LogP contribution is -2.21. The predicted octanol–water partition coefficient (Wildman–Crippen LogP) is 2.78. The van der Waals surface area contributed by atoms with E-state index in [0.29, 0.717) is 0 Å². The molecular formula is C12H17F2NO. The van der Waals surface area contributed by atoms with Gasteiger partial charge in [-0.3, -0.25) is 0 Å². The number of hydrogen-bond donors (Lipinski definition) is 1. The van der Waals surface area contributed by atoms with E-state index < -0.39 is 17.7 Å². The molecule has 2 unspecified atom stereocenters. The quantitative estimate of drug-likeness (QED) is 0.842. The lowest BCUT2D eigenvalue weighted by atomic mass is 10.1. The number of nitrogens with two attached hydrogens (primary N) is 1. The third-order valence-corrected chi connectivity index (χ3v) is 2.49. The molecule has 1 aromatic carbocycles. The van der Waals surface area contributed by atoms with Crippen molar-refractivity contribution in [3.05, 3.63) is 35.4 Å². The number of rotatable bonds is 5. The Morgan fingerprint density at radius 1 is 1.38 bits per heavy atom. The summed E-state index contributed by atoms with van der Waals surface area (Å²) in [5, 5.41) is 0. The second kappa shape index (κ2) is 5.92. The molecule has 0 bridgehead atoms. The molecule has 1 aromatic rings. The summed E-state index contributed by atoms with van der Waals surface area (Å²) in [6.45, 7) is 4.09. The summed E-state index contributed by atoms with van der Waals surface area (Å²) < 4.78 is 31.6. The van der Waals surface area contributed by atoms with Crippen LogP contribution in [0.3, 0.4) is 0 Å². The molecule has 0 aliphatic rings. The number of benzene rings is 1. The van der Waals surface area contributed by atoms with Crippen molar-refractivity contribution >= 4 is 0 Å². The first-order valence-electron chi connectivity index (χ1n) is 5.36. The van der Waals surface area contributed by atoms with Crippen molar-refractivity contribution in [1.82, 2.24) is 0 Å². The molecule has 2 nitrogen and oxygen atoms in total. The molecule has 2 N–H and O–H groups in total. The van der Waals surface area contributed by atoms with Gasteiger partial charge in [-0.05, 0) is 31.5 Å². The van der Waals surface area contributed by atoms with E-state index in [4.69, 9.17) is 10.5 Å². The topological polar surface area (TPSA) is 35.2 Å². The molecule has 90 valence electrons. The number of halogens is 2. The molecule has 4 heteroatoms. The smallest absolute Gasteiger partial charge is 0.128 e. The summed E-state index contributed by atoms with van der Waals surface area (Å²) in [6.07, 6.45) is 0.931. The predicted molar refractivity (Wildman–Crippen MR) is 59.0 cm³/mol. The van der Waals surface area contributed by atoms with Crippen molar-refractivity contribution in [2.75, 3.05) is 6.61 Å². The summed E-state index contributed by atoms with van der Waals surface area (Å²) in [5.41, 5.74) is 5.89. The summed E-state index contributed by atoms with van der Waals surface area (Å²) in [4.78, 5) is 0. The van der Waals surface area contributed by atoms with Crippen molar-refractivity contribution in [1.29, 1.82) is 0 Å². The van der Waals surface area contributed by atoms with Gasteiger partial charge in [0, 0.05) is 5.56 Å². The molecule has 0 aromatic heterocycles. The summed E-state index contributed by atoms with van der Waals surface area (Å²) >= 11 is 0. The third kappa shape index (κ3) is 3.54. The highest BCUT2D eigenvalue weighted by Gasteiger charge is 2.13. The maximum atomic E-state index is 13.3. The highest BCUT2D eigenvalue weighted by Crippen LogP contribution is 2.17. The second-order valence-corrected chi connectivity index (χ2v) is 3.82. The average Bonchev–Trinajstić information content (AvgIpc) is 2.28. The van der Waals surface area contributed by atoms with Crippen LogP contribution in [0.1, 0.15) is 31.9 Å². The van der Waals surface area contributed by atoms with E-state index in [1.54, 1.807) is 0 Å². The minimum Gasteiger partial charge on any atom is -0.377 e. The molecule has 0 aliphatic carbocycles. The van der Waals surface area contributed by atoms with E-state index in [2.05, 4.69) is 0 Å². The fourth-order valence-corrected chi connectivity index (χ4v) is 1.27. The van der Waals surface area contributed by atoms with Gasteiger partial charge in [0.15, 0.2) is 0 Å². The minimum atomic E-state index is -0.635.